The van der Waals surface area contributed by atoms with Gasteiger partial charge in [0.05, 0.1) is 18.7 Å². The Kier molecular flexibility index (Phi) is 12.6. The van der Waals surface area contributed by atoms with Crippen molar-refractivity contribution >= 4 is 30.6 Å². The summed E-state index contributed by atoms with van der Waals surface area (Å²) in [6, 6.07) is 40.6. The number of methoxy groups -OCH3 is 1. The number of phenols is 1. The lowest BCUT2D eigenvalue weighted by Crippen LogP contribution is -2.43. The number of anilines is 2. The van der Waals surface area contributed by atoms with Crippen LogP contribution in [0, 0.1) is 0 Å². The zero-order valence-corrected chi connectivity index (χ0v) is 33.8. The molecule has 0 aliphatic rings. The molecule has 286 valence electrons. The van der Waals surface area contributed by atoms with Crippen molar-refractivity contribution in [2.24, 2.45) is 0 Å². The second kappa shape index (κ2) is 17.5. The van der Waals surface area contributed by atoms with E-state index in [0.29, 0.717) is 12.1 Å². The average Bonchev–Trinajstić information content (AvgIpc) is 3.17. The molecule has 0 saturated carbocycles. The third-order valence-electron chi connectivity index (χ3n) is 10.6. The second-order valence-corrected chi connectivity index (χ2v) is 20.4. The second-order valence-electron chi connectivity index (χ2n) is 15.6. The fourth-order valence-corrected chi connectivity index (χ4v) is 7.76. The predicted molar refractivity (Wildman–Crippen MR) is 229 cm³/mol. The van der Waals surface area contributed by atoms with Crippen molar-refractivity contribution in [3.63, 3.8) is 0 Å². The molecule has 6 rings (SSSR count). The Morgan fingerprint density at radius 1 is 0.764 bits per heavy atom. The average molecular weight is 755 g/mol. The summed E-state index contributed by atoms with van der Waals surface area (Å²) in [5, 5.41) is 22.1. The zero-order chi connectivity index (χ0) is 39.0. The number of phenolic OH excluding ortho intramolecular Hbond substituents is 1. The van der Waals surface area contributed by atoms with Crippen LogP contribution in [0.1, 0.15) is 49.1 Å². The van der Waals surface area contributed by atoms with E-state index in [1.54, 1.807) is 19.2 Å². The van der Waals surface area contributed by atoms with Gasteiger partial charge in [0.2, 0.25) is 5.56 Å². The molecule has 1 atom stereocenters. The van der Waals surface area contributed by atoms with Gasteiger partial charge >= 0.3 is 0 Å². The number of hydrogen-bond donors (Lipinski definition) is 5. The number of hydrogen-bond acceptors (Lipinski definition) is 7. The summed E-state index contributed by atoms with van der Waals surface area (Å²) in [6.45, 7) is 14.1. The largest absolute Gasteiger partial charge is 0.506 e. The molecule has 1 aromatic heterocycles. The Morgan fingerprint density at radius 3 is 2.24 bits per heavy atom. The Balaban J connectivity index is 1.08. The molecule has 0 unspecified atom stereocenters. The highest BCUT2D eigenvalue weighted by molar-refractivity contribution is 6.74. The summed E-state index contributed by atoms with van der Waals surface area (Å²) in [5.41, 5.74) is 8.96. The first-order valence-corrected chi connectivity index (χ1v) is 21.9. The molecule has 5 N–H and O–H groups in total. The smallest absolute Gasteiger partial charge is 0.248 e. The van der Waals surface area contributed by atoms with Gasteiger partial charge in [-0.1, -0.05) is 87.5 Å². The maximum Gasteiger partial charge on any atom is 0.248 e. The van der Waals surface area contributed by atoms with Crippen molar-refractivity contribution in [1.82, 2.24) is 15.6 Å². The number of aromatic nitrogens is 1. The lowest BCUT2D eigenvalue weighted by atomic mass is 10.0. The van der Waals surface area contributed by atoms with Gasteiger partial charge in [0.15, 0.2) is 8.32 Å². The molecule has 8 nitrogen and oxygen atoms in total. The van der Waals surface area contributed by atoms with Crippen LogP contribution < -0.4 is 26.2 Å². The van der Waals surface area contributed by atoms with Crippen molar-refractivity contribution < 1.29 is 14.3 Å². The van der Waals surface area contributed by atoms with Crippen LogP contribution in [0.5, 0.6) is 11.5 Å². The van der Waals surface area contributed by atoms with Gasteiger partial charge in [0, 0.05) is 48.0 Å². The van der Waals surface area contributed by atoms with Crippen LogP contribution in [0.2, 0.25) is 18.1 Å². The van der Waals surface area contributed by atoms with Crippen LogP contribution in [-0.4, -0.2) is 38.6 Å². The van der Waals surface area contributed by atoms with Crippen LogP contribution in [0.15, 0.2) is 126 Å². The summed E-state index contributed by atoms with van der Waals surface area (Å²) < 4.78 is 12.7. The van der Waals surface area contributed by atoms with Crippen LogP contribution in [0.3, 0.4) is 0 Å². The molecule has 0 aliphatic carbocycles. The molecular formula is C46H54N4O4Si. The number of rotatable bonds is 16. The van der Waals surface area contributed by atoms with E-state index in [4.69, 9.17) is 9.16 Å². The van der Waals surface area contributed by atoms with Crippen molar-refractivity contribution in [3.8, 4) is 22.6 Å². The predicted octanol–water partition coefficient (Wildman–Crippen LogP) is 9.84. The normalized spacial score (nSPS) is 12.5. The first-order valence-electron chi connectivity index (χ1n) is 19.0. The van der Waals surface area contributed by atoms with Crippen LogP contribution >= 0.6 is 0 Å². The number of fused-ring (bicyclic) bond motifs is 1. The minimum absolute atomic E-state index is 0.0148. The first kappa shape index (κ1) is 39.5. The molecule has 0 amide bonds. The third kappa shape index (κ3) is 10.1. The van der Waals surface area contributed by atoms with Gasteiger partial charge in [-0.15, -0.1) is 0 Å². The van der Waals surface area contributed by atoms with E-state index < -0.39 is 8.32 Å². The van der Waals surface area contributed by atoms with Crippen LogP contribution in [0.4, 0.5) is 11.4 Å². The van der Waals surface area contributed by atoms with Gasteiger partial charge in [-0.2, -0.15) is 0 Å². The van der Waals surface area contributed by atoms with E-state index in [-0.39, 0.29) is 22.5 Å². The molecule has 6 aromatic rings. The molecule has 0 saturated heterocycles. The number of aromatic amines is 1. The van der Waals surface area contributed by atoms with E-state index in [9.17, 15) is 9.90 Å². The quantitative estimate of drug-likeness (QED) is 0.0495. The van der Waals surface area contributed by atoms with Gasteiger partial charge in [0.25, 0.3) is 0 Å². The third-order valence-corrected chi connectivity index (χ3v) is 15.1. The Bertz CT molecular complexity index is 2250. The number of nitrogens with one attached hydrogen (secondary N) is 4. The van der Waals surface area contributed by atoms with Crippen LogP contribution in [0.25, 0.3) is 22.0 Å². The SMILES string of the molecule is COc1ccc(Nc2ccc(CCNC[C@H](O[Si](C)(C)C(C)(C)C)c3ccc(O)c4[nH]c(=O)ccc34)cc2)cc1-c1cccc(CNCc2ccccc2)c1. The number of benzene rings is 5. The standard InChI is InChI=1S/C46H54N4O4Si/c1-46(2,3)55(5,6)54-43(38-20-22-41(51)45-39(38)21-24-44(52)50-45)31-47-26-25-32-15-17-36(18-16-32)49-37-19-23-42(53-4)40(28-37)35-14-10-13-34(27-35)30-48-29-33-11-8-7-9-12-33/h7-24,27-28,43,47-49,51H,25-26,29-31H2,1-6H3,(H,50,52)/t43-/m0/s1. The summed E-state index contributed by atoms with van der Waals surface area (Å²) in [6.07, 6.45) is 0.592. The minimum atomic E-state index is -2.16. The van der Waals surface area contributed by atoms with E-state index >= 15 is 0 Å². The summed E-state index contributed by atoms with van der Waals surface area (Å²) in [4.78, 5) is 14.9. The number of ether oxygens (including phenoxy) is 1. The van der Waals surface area contributed by atoms with Gasteiger partial charge in [0.1, 0.15) is 11.5 Å². The highest BCUT2D eigenvalue weighted by Gasteiger charge is 2.39. The molecule has 55 heavy (non-hydrogen) atoms. The Labute approximate surface area is 326 Å². The Morgan fingerprint density at radius 2 is 1.49 bits per heavy atom. The molecular weight excluding hydrogens is 701 g/mol. The number of H-pyrrole nitrogens is 1. The van der Waals surface area contributed by atoms with Gasteiger partial charge in [-0.3, -0.25) is 4.79 Å². The maximum absolute atomic E-state index is 12.1. The summed E-state index contributed by atoms with van der Waals surface area (Å²) >= 11 is 0. The molecule has 9 heteroatoms. The van der Waals surface area contributed by atoms with Crippen molar-refractivity contribution in [2.75, 3.05) is 25.5 Å². The number of pyridine rings is 1. The van der Waals surface area contributed by atoms with Crippen molar-refractivity contribution in [3.05, 3.63) is 154 Å². The molecule has 1 heterocycles. The molecule has 0 fully saturated rings. The zero-order valence-electron chi connectivity index (χ0n) is 32.8. The van der Waals surface area contributed by atoms with Crippen LogP contribution in [-0.2, 0) is 23.9 Å². The highest BCUT2D eigenvalue weighted by Crippen LogP contribution is 2.41. The van der Waals surface area contributed by atoms with Crippen molar-refractivity contribution in [2.45, 2.75) is 64.5 Å². The molecule has 0 radical (unpaired) electrons. The lowest BCUT2D eigenvalue weighted by molar-refractivity contribution is 0.182. The topological polar surface area (TPSA) is 108 Å². The highest BCUT2D eigenvalue weighted by atomic mass is 28.4. The first-order chi connectivity index (χ1) is 26.4. The fraction of sp³-hybridized carbons (Fsp3) is 0.283. The molecule has 0 bridgehead atoms. The van der Waals surface area contributed by atoms with E-state index in [0.717, 1.165) is 65.3 Å². The monoisotopic (exact) mass is 754 g/mol. The minimum Gasteiger partial charge on any atom is -0.506 e. The van der Waals surface area contributed by atoms with E-state index in [1.807, 2.05) is 24.3 Å². The Hall–Kier alpha value is -5.19. The summed E-state index contributed by atoms with van der Waals surface area (Å²) in [5.74, 6) is 0.877. The molecule has 0 spiro atoms. The van der Waals surface area contributed by atoms with Gasteiger partial charge in [-0.05, 0) is 107 Å². The van der Waals surface area contributed by atoms with E-state index in [1.165, 1.54) is 22.8 Å². The summed E-state index contributed by atoms with van der Waals surface area (Å²) in [7, 11) is -0.450. The van der Waals surface area contributed by atoms with E-state index in [2.05, 4.69) is 134 Å². The fourth-order valence-electron chi connectivity index (χ4n) is 6.48. The lowest BCUT2D eigenvalue weighted by Gasteiger charge is -2.39. The molecule has 0 aliphatic heterocycles. The maximum atomic E-state index is 12.1. The number of aromatic hydroxyl groups is 1. The van der Waals surface area contributed by atoms with Gasteiger partial charge in [-0.25, -0.2) is 0 Å². The molecule has 5 aromatic carbocycles. The van der Waals surface area contributed by atoms with Gasteiger partial charge < -0.3 is 35.2 Å². The van der Waals surface area contributed by atoms with Crippen molar-refractivity contribution in [1.29, 1.82) is 0 Å².